The van der Waals surface area contributed by atoms with Crippen molar-refractivity contribution < 1.29 is 19.1 Å². The maximum atomic E-state index is 12.4. The molecule has 24 heavy (non-hydrogen) atoms. The van der Waals surface area contributed by atoms with Crippen LogP contribution in [0.2, 0.25) is 0 Å². The summed E-state index contributed by atoms with van der Waals surface area (Å²) in [5.74, 6) is -0.871. The van der Waals surface area contributed by atoms with Gasteiger partial charge in [-0.05, 0) is 37.3 Å². The number of carbonyl (C=O) groups is 3. The molecule has 0 fully saturated rings. The molecule has 0 radical (unpaired) electrons. The minimum atomic E-state index is -0.633. The Balaban J connectivity index is 1.86. The van der Waals surface area contributed by atoms with Gasteiger partial charge < -0.3 is 21.1 Å². The highest BCUT2D eigenvalue weighted by Crippen LogP contribution is 2.30. The molecular formula is C17H15N3O4. The molecule has 0 bridgehead atoms. The number of nitrogens with two attached hydrogens (primary N) is 1. The molecule has 0 aliphatic carbocycles. The van der Waals surface area contributed by atoms with Crippen LogP contribution >= 0.6 is 0 Å². The van der Waals surface area contributed by atoms with Crippen molar-refractivity contribution >= 4 is 29.1 Å². The molecule has 7 heteroatoms. The third-order valence-corrected chi connectivity index (χ3v) is 3.62. The molecule has 3 rings (SSSR count). The van der Waals surface area contributed by atoms with Crippen molar-refractivity contribution in [2.45, 2.75) is 13.0 Å². The Bertz CT molecular complexity index is 847. The molecule has 7 nitrogen and oxygen atoms in total. The van der Waals surface area contributed by atoms with E-state index in [2.05, 4.69) is 10.6 Å². The Hall–Kier alpha value is -3.35. The number of para-hydroxylation sites is 1. The average Bonchev–Trinajstić information content (AvgIpc) is 2.55. The molecule has 3 amide bonds. The lowest BCUT2D eigenvalue weighted by molar-refractivity contribution is -0.122. The van der Waals surface area contributed by atoms with Crippen LogP contribution in [0.15, 0.2) is 42.5 Å². The first-order chi connectivity index (χ1) is 11.5. The number of hydrogen-bond donors (Lipinski definition) is 3. The van der Waals surface area contributed by atoms with Crippen LogP contribution in [0.3, 0.4) is 0 Å². The third-order valence-electron chi connectivity index (χ3n) is 3.62. The standard InChI is InChI=1S/C17H15N3O4/c1-9-16(22)20-13-7-6-10(8-14(13)24-9)17(23)19-12-5-3-2-4-11(12)15(18)21/h2-9H,1H3,(H2,18,21)(H,19,23)(H,20,22). The fraction of sp³-hybridized carbons (Fsp3) is 0.118. The van der Waals surface area contributed by atoms with E-state index in [1.807, 2.05) is 0 Å². The summed E-state index contributed by atoms with van der Waals surface area (Å²) in [5.41, 5.74) is 6.69. The van der Waals surface area contributed by atoms with E-state index < -0.39 is 17.9 Å². The second kappa shape index (κ2) is 6.04. The minimum Gasteiger partial charge on any atom is -0.479 e. The molecule has 1 unspecified atom stereocenters. The predicted molar refractivity (Wildman–Crippen MR) is 88.1 cm³/mol. The number of primary amides is 1. The largest absolute Gasteiger partial charge is 0.479 e. The highest BCUT2D eigenvalue weighted by atomic mass is 16.5. The van der Waals surface area contributed by atoms with Gasteiger partial charge in [0, 0.05) is 5.56 Å². The van der Waals surface area contributed by atoms with Gasteiger partial charge in [-0.2, -0.15) is 0 Å². The summed E-state index contributed by atoms with van der Waals surface area (Å²) in [5, 5.41) is 5.34. The number of benzene rings is 2. The van der Waals surface area contributed by atoms with Gasteiger partial charge in [-0.1, -0.05) is 12.1 Å². The molecule has 2 aromatic carbocycles. The lowest BCUT2D eigenvalue weighted by Gasteiger charge is -2.23. The number of fused-ring (bicyclic) bond motifs is 1. The Morgan fingerprint density at radius 2 is 1.96 bits per heavy atom. The lowest BCUT2D eigenvalue weighted by Crippen LogP contribution is -2.34. The summed E-state index contributed by atoms with van der Waals surface area (Å²) in [6, 6.07) is 11.2. The minimum absolute atomic E-state index is 0.223. The summed E-state index contributed by atoms with van der Waals surface area (Å²) in [4.78, 5) is 35.4. The van der Waals surface area contributed by atoms with Gasteiger partial charge in [-0.15, -0.1) is 0 Å². The van der Waals surface area contributed by atoms with Gasteiger partial charge in [0.2, 0.25) is 0 Å². The molecule has 1 heterocycles. The Morgan fingerprint density at radius 1 is 1.21 bits per heavy atom. The van der Waals surface area contributed by atoms with E-state index in [0.717, 1.165) is 0 Å². The highest BCUT2D eigenvalue weighted by molar-refractivity contribution is 6.09. The van der Waals surface area contributed by atoms with Crippen LogP contribution in [0, 0.1) is 0 Å². The third kappa shape index (κ3) is 2.91. The molecule has 0 aromatic heterocycles. The van der Waals surface area contributed by atoms with Crippen LogP contribution in [0.5, 0.6) is 5.75 Å². The lowest BCUT2D eigenvalue weighted by atomic mass is 10.1. The molecular weight excluding hydrogens is 310 g/mol. The van der Waals surface area contributed by atoms with E-state index in [0.29, 0.717) is 22.7 Å². The van der Waals surface area contributed by atoms with Gasteiger partial charge in [0.05, 0.1) is 16.9 Å². The van der Waals surface area contributed by atoms with E-state index in [9.17, 15) is 14.4 Å². The van der Waals surface area contributed by atoms with Crippen LogP contribution in [0.25, 0.3) is 0 Å². The molecule has 122 valence electrons. The van der Waals surface area contributed by atoms with Gasteiger partial charge >= 0.3 is 0 Å². The number of anilines is 2. The zero-order valence-corrected chi connectivity index (χ0v) is 12.8. The number of rotatable bonds is 3. The second-order valence-electron chi connectivity index (χ2n) is 5.32. The molecule has 0 spiro atoms. The maximum absolute atomic E-state index is 12.4. The first-order valence-corrected chi connectivity index (χ1v) is 7.27. The summed E-state index contributed by atoms with van der Waals surface area (Å²) in [6.07, 6.45) is -0.633. The normalized spacial score (nSPS) is 15.7. The molecule has 4 N–H and O–H groups in total. The van der Waals surface area contributed by atoms with Crippen LogP contribution in [-0.2, 0) is 4.79 Å². The number of amides is 3. The van der Waals surface area contributed by atoms with E-state index >= 15 is 0 Å². The van der Waals surface area contributed by atoms with E-state index in [4.69, 9.17) is 10.5 Å². The maximum Gasteiger partial charge on any atom is 0.265 e. The Labute approximate surface area is 137 Å². The fourth-order valence-electron chi connectivity index (χ4n) is 2.34. The molecule has 1 atom stereocenters. The van der Waals surface area contributed by atoms with Crippen LogP contribution < -0.4 is 21.1 Å². The van der Waals surface area contributed by atoms with Crippen molar-refractivity contribution in [1.29, 1.82) is 0 Å². The summed E-state index contributed by atoms with van der Waals surface area (Å²) in [7, 11) is 0. The highest BCUT2D eigenvalue weighted by Gasteiger charge is 2.24. The van der Waals surface area contributed by atoms with Gasteiger partial charge in [0.1, 0.15) is 5.75 Å². The van der Waals surface area contributed by atoms with Crippen molar-refractivity contribution in [1.82, 2.24) is 0 Å². The van der Waals surface area contributed by atoms with Crippen molar-refractivity contribution in [3.63, 3.8) is 0 Å². The predicted octanol–water partition coefficient (Wildman–Crippen LogP) is 1.76. The molecule has 1 aliphatic rings. The van der Waals surface area contributed by atoms with Crippen molar-refractivity contribution in [2.24, 2.45) is 5.73 Å². The number of hydrogen-bond acceptors (Lipinski definition) is 4. The van der Waals surface area contributed by atoms with Gasteiger partial charge in [-0.25, -0.2) is 0 Å². The second-order valence-corrected chi connectivity index (χ2v) is 5.32. The number of carbonyl (C=O) groups excluding carboxylic acids is 3. The summed E-state index contributed by atoms with van der Waals surface area (Å²) in [6.45, 7) is 1.62. The monoisotopic (exact) mass is 325 g/mol. The van der Waals surface area contributed by atoms with Gasteiger partial charge in [0.15, 0.2) is 6.10 Å². The molecule has 2 aromatic rings. The molecule has 0 saturated heterocycles. The topological polar surface area (TPSA) is 111 Å². The van der Waals surface area contributed by atoms with Gasteiger partial charge in [-0.3, -0.25) is 14.4 Å². The van der Waals surface area contributed by atoms with E-state index in [-0.39, 0.29) is 11.5 Å². The summed E-state index contributed by atoms with van der Waals surface area (Å²) < 4.78 is 5.48. The quantitative estimate of drug-likeness (QED) is 0.798. The van der Waals surface area contributed by atoms with Crippen molar-refractivity contribution in [3.8, 4) is 5.75 Å². The van der Waals surface area contributed by atoms with E-state index in [1.54, 1.807) is 37.3 Å². The first-order valence-electron chi connectivity index (χ1n) is 7.27. The molecule has 1 aliphatic heterocycles. The first kappa shape index (κ1) is 15.5. The average molecular weight is 325 g/mol. The Kier molecular flexibility index (Phi) is 3.91. The van der Waals surface area contributed by atoms with Crippen molar-refractivity contribution in [3.05, 3.63) is 53.6 Å². The SMILES string of the molecule is CC1Oc2cc(C(=O)Nc3ccccc3C(N)=O)ccc2NC1=O. The number of nitrogens with one attached hydrogen (secondary N) is 2. The fourth-order valence-corrected chi connectivity index (χ4v) is 2.34. The Morgan fingerprint density at radius 3 is 2.71 bits per heavy atom. The van der Waals surface area contributed by atoms with Crippen LogP contribution in [0.4, 0.5) is 11.4 Å². The summed E-state index contributed by atoms with van der Waals surface area (Å²) >= 11 is 0. The smallest absolute Gasteiger partial charge is 0.265 e. The zero-order valence-electron chi connectivity index (χ0n) is 12.8. The zero-order chi connectivity index (χ0) is 17.3. The molecule has 0 saturated carbocycles. The van der Waals surface area contributed by atoms with Gasteiger partial charge in [0.25, 0.3) is 17.7 Å². The van der Waals surface area contributed by atoms with Crippen LogP contribution in [0.1, 0.15) is 27.6 Å². The van der Waals surface area contributed by atoms with E-state index in [1.165, 1.54) is 12.1 Å². The number of ether oxygens (including phenoxy) is 1. The van der Waals surface area contributed by atoms with Crippen molar-refractivity contribution in [2.75, 3.05) is 10.6 Å². The van der Waals surface area contributed by atoms with Crippen LogP contribution in [-0.4, -0.2) is 23.8 Å².